The lowest BCUT2D eigenvalue weighted by Gasteiger charge is -2.20. The van der Waals surface area contributed by atoms with Crippen LogP contribution in [0.5, 0.6) is 0 Å². The van der Waals surface area contributed by atoms with Gasteiger partial charge < -0.3 is 0 Å². The second-order valence-corrected chi connectivity index (χ2v) is 4.10. The van der Waals surface area contributed by atoms with Gasteiger partial charge in [0.25, 0.3) is 0 Å². The Labute approximate surface area is 102 Å². The van der Waals surface area contributed by atoms with Crippen LogP contribution in [0.15, 0.2) is 24.3 Å². The van der Waals surface area contributed by atoms with Crippen molar-refractivity contribution in [1.29, 1.82) is 0 Å². The number of halogens is 1. The van der Waals surface area contributed by atoms with Crippen LogP contribution in [0.25, 0.3) is 0 Å². The summed E-state index contributed by atoms with van der Waals surface area (Å²) in [5, 5.41) is 2.52. The number of carbonyl (C=O) groups is 3. The van der Waals surface area contributed by atoms with Crippen molar-refractivity contribution in [3.05, 3.63) is 34.9 Å². The lowest BCUT2D eigenvalue weighted by molar-refractivity contribution is -0.141. The van der Waals surface area contributed by atoms with Crippen molar-refractivity contribution in [2.24, 2.45) is 0 Å². The summed E-state index contributed by atoms with van der Waals surface area (Å²) in [6.45, 7) is 1.67. The lowest BCUT2D eigenvalue weighted by Crippen LogP contribution is -2.33. The Bertz CT molecular complexity index is 498. The second kappa shape index (κ2) is 4.18. The number of amides is 4. The van der Waals surface area contributed by atoms with E-state index in [1.165, 1.54) is 0 Å². The van der Waals surface area contributed by atoms with Gasteiger partial charge in [0.1, 0.15) is 0 Å². The van der Waals surface area contributed by atoms with Gasteiger partial charge in [-0.25, -0.2) is 9.69 Å². The largest absolute Gasteiger partial charge is 0.332 e. The molecule has 5 nitrogen and oxygen atoms in total. The number of carbonyl (C=O) groups excluding carboxylic acids is 3. The molecule has 1 aromatic carbocycles. The molecule has 0 spiro atoms. The number of nitrogens with one attached hydrogen (secondary N) is 1. The Balaban J connectivity index is 2.28. The van der Waals surface area contributed by atoms with Crippen LogP contribution < -0.4 is 5.32 Å². The smallest absolute Gasteiger partial charge is 0.269 e. The van der Waals surface area contributed by atoms with Crippen molar-refractivity contribution in [3.63, 3.8) is 0 Å². The summed E-state index contributed by atoms with van der Waals surface area (Å²) in [6, 6.07) is 5.53. The molecule has 1 fully saturated rings. The van der Waals surface area contributed by atoms with Crippen LogP contribution in [0.4, 0.5) is 4.79 Å². The third kappa shape index (κ3) is 2.01. The van der Waals surface area contributed by atoms with Gasteiger partial charge in [-0.3, -0.25) is 14.9 Å². The number of rotatable bonds is 2. The van der Waals surface area contributed by atoms with Crippen LogP contribution in [-0.4, -0.2) is 22.7 Å². The molecule has 1 aliphatic heterocycles. The summed E-state index contributed by atoms with van der Waals surface area (Å²) in [7, 11) is 0. The van der Waals surface area contributed by atoms with E-state index in [0.717, 1.165) is 10.5 Å². The molecule has 1 saturated heterocycles. The maximum Gasteiger partial charge on any atom is 0.332 e. The van der Waals surface area contributed by atoms with E-state index >= 15 is 0 Å². The number of urea groups is 1. The van der Waals surface area contributed by atoms with Crippen LogP contribution in [-0.2, 0) is 9.59 Å². The first-order valence-electron chi connectivity index (χ1n) is 4.94. The molecule has 0 bridgehead atoms. The average molecular weight is 253 g/mol. The standard InChI is InChI=1S/C11H9ClN2O3/c1-6(7-2-4-8(12)5-3-7)14-10(16)9(15)13-11(14)17/h2-6H,1H3,(H,13,15,17). The molecular weight excluding hydrogens is 244 g/mol. The molecule has 1 N–H and O–H groups in total. The van der Waals surface area contributed by atoms with Crippen LogP contribution in [0.1, 0.15) is 18.5 Å². The Morgan fingerprint density at radius 1 is 1.18 bits per heavy atom. The van der Waals surface area contributed by atoms with Gasteiger partial charge in [0.2, 0.25) is 0 Å². The van der Waals surface area contributed by atoms with Gasteiger partial charge in [0.05, 0.1) is 6.04 Å². The molecule has 1 aliphatic rings. The van der Waals surface area contributed by atoms with E-state index in [0.29, 0.717) is 5.02 Å². The van der Waals surface area contributed by atoms with Crippen LogP contribution in [0, 0.1) is 0 Å². The van der Waals surface area contributed by atoms with Crippen molar-refractivity contribution < 1.29 is 14.4 Å². The van der Waals surface area contributed by atoms with Crippen molar-refractivity contribution >= 4 is 29.4 Å². The van der Waals surface area contributed by atoms with E-state index in [1.54, 1.807) is 31.2 Å². The summed E-state index contributed by atoms with van der Waals surface area (Å²) in [5.41, 5.74) is 0.729. The van der Waals surface area contributed by atoms with E-state index < -0.39 is 23.9 Å². The zero-order valence-corrected chi connectivity index (χ0v) is 9.69. The predicted octanol–water partition coefficient (Wildman–Crippen LogP) is 1.48. The fourth-order valence-electron chi connectivity index (χ4n) is 1.65. The Kier molecular flexibility index (Phi) is 2.85. The minimum Gasteiger partial charge on any atom is -0.269 e. The molecule has 1 atom stereocenters. The molecule has 2 rings (SSSR count). The van der Waals surface area contributed by atoms with Crippen LogP contribution in [0.2, 0.25) is 5.02 Å². The zero-order chi connectivity index (χ0) is 12.6. The zero-order valence-electron chi connectivity index (χ0n) is 8.94. The molecule has 1 unspecified atom stereocenters. The molecule has 0 aliphatic carbocycles. The van der Waals surface area contributed by atoms with E-state index in [2.05, 4.69) is 0 Å². The van der Waals surface area contributed by atoms with E-state index in [-0.39, 0.29) is 0 Å². The SMILES string of the molecule is CC(c1ccc(Cl)cc1)N1C(=O)NC(=O)C1=O. The summed E-state index contributed by atoms with van der Waals surface area (Å²) in [4.78, 5) is 34.8. The van der Waals surface area contributed by atoms with Gasteiger partial charge in [-0.1, -0.05) is 23.7 Å². The molecule has 17 heavy (non-hydrogen) atoms. The topological polar surface area (TPSA) is 66.5 Å². The van der Waals surface area contributed by atoms with Gasteiger partial charge in [0, 0.05) is 5.02 Å². The number of hydrogen-bond acceptors (Lipinski definition) is 3. The molecule has 0 radical (unpaired) electrons. The van der Waals surface area contributed by atoms with Gasteiger partial charge in [-0.15, -0.1) is 0 Å². The fraction of sp³-hybridized carbons (Fsp3) is 0.182. The quantitative estimate of drug-likeness (QED) is 0.640. The molecule has 88 valence electrons. The first-order chi connectivity index (χ1) is 8.00. The van der Waals surface area contributed by atoms with Crippen molar-refractivity contribution in [2.45, 2.75) is 13.0 Å². The summed E-state index contributed by atoms with van der Waals surface area (Å²) < 4.78 is 0. The highest BCUT2D eigenvalue weighted by atomic mass is 35.5. The highest BCUT2D eigenvalue weighted by Crippen LogP contribution is 2.23. The second-order valence-electron chi connectivity index (χ2n) is 3.66. The normalized spacial score (nSPS) is 17.3. The molecule has 1 heterocycles. The van der Waals surface area contributed by atoms with Crippen LogP contribution in [0.3, 0.4) is 0 Å². The summed E-state index contributed by atoms with van der Waals surface area (Å²) >= 11 is 5.74. The third-order valence-corrected chi connectivity index (χ3v) is 2.84. The summed E-state index contributed by atoms with van der Waals surface area (Å²) in [6.07, 6.45) is 0. The molecule has 6 heteroatoms. The number of nitrogens with zero attached hydrogens (tertiary/aromatic N) is 1. The number of imide groups is 2. The summed E-state index contributed by atoms with van der Waals surface area (Å²) in [5.74, 6) is -1.73. The fourth-order valence-corrected chi connectivity index (χ4v) is 1.78. The first-order valence-corrected chi connectivity index (χ1v) is 5.32. The molecule has 0 aromatic heterocycles. The van der Waals surface area contributed by atoms with Gasteiger partial charge in [-0.2, -0.15) is 0 Å². The number of benzene rings is 1. The van der Waals surface area contributed by atoms with Crippen molar-refractivity contribution in [1.82, 2.24) is 10.2 Å². The monoisotopic (exact) mass is 252 g/mol. The van der Waals surface area contributed by atoms with Crippen molar-refractivity contribution in [2.75, 3.05) is 0 Å². The molecule has 1 aromatic rings. The van der Waals surface area contributed by atoms with Crippen molar-refractivity contribution in [3.8, 4) is 0 Å². The Hall–Kier alpha value is -1.88. The highest BCUT2D eigenvalue weighted by molar-refractivity contribution is 6.44. The minimum atomic E-state index is -0.893. The molecule has 0 saturated carbocycles. The van der Waals surface area contributed by atoms with Gasteiger partial charge in [-0.05, 0) is 24.6 Å². The highest BCUT2D eigenvalue weighted by Gasteiger charge is 2.40. The van der Waals surface area contributed by atoms with E-state index in [1.807, 2.05) is 5.32 Å². The van der Waals surface area contributed by atoms with Crippen LogP contribution >= 0.6 is 11.6 Å². The molecular formula is C11H9ClN2O3. The minimum absolute atomic E-state index is 0.508. The van der Waals surface area contributed by atoms with Gasteiger partial charge >= 0.3 is 17.8 Å². The number of hydrogen-bond donors (Lipinski definition) is 1. The van der Waals surface area contributed by atoms with Gasteiger partial charge in [0.15, 0.2) is 0 Å². The average Bonchev–Trinajstić information content (AvgIpc) is 2.53. The maximum atomic E-state index is 11.5. The lowest BCUT2D eigenvalue weighted by atomic mass is 10.1. The predicted molar refractivity (Wildman–Crippen MR) is 60.3 cm³/mol. The maximum absolute atomic E-state index is 11.5. The first kappa shape index (κ1) is 11.6. The Morgan fingerprint density at radius 2 is 1.76 bits per heavy atom. The van der Waals surface area contributed by atoms with E-state index in [9.17, 15) is 14.4 Å². The third-order valence-electron chi connectivity index (χ3n) is 2.59. The Morgan fingerprint density at radius 3 is 2.24 bits per heavy atom. The van der Waals surface area contributed by atoms with E-state index in [4.69, 9.17) is 11.6 Å². The molecule has 4 amide bonds.